The van der Waals surface area contributed by atoms with Gasteiger partial charge in [0.15, 0.2) is 0 Å². The van der Waals surface area contributed by atoms with Gasteiger partial charge in [0.2, 0.25) is 5.91 Å². The zero-order valence-electron chi connectivity index (χ0n) is 17.4. The highest BCUT2D eigenvalue weighted by atomic mass is 35.5. The molecule has 2 aromatic rings. The molecule has 4 heteroatoms. The van der Waals surface area contributed by atoms with Gasteiger partial charge < -0.3 is 4.90 Å². The molecule has 0 radical (unpaired) electrons. The third-order valence-electron chi connectivity index (χ3n) is 6.36. The van der Waals surface area contributed by atoms with Crippen LogP contribution in [0.2, 0.25) is 5.02 Å². The lowest BCUT2D eigenvalue weighted by Crippen LogP contribution is -2.50. The Hall–Kier alpha value is -1.71. The van der Waals surface area contributed by atoms with Crippen LogP contribution in [0.4, 0.5) is 0 Å². The SMILES string of the molecule is C=CCC1CC[C@@H](c2ccc(Cl)cc2)N(C(CSCc2ccccc2)C2CC2)C1=O. The molecule has 30 heavy (non-hydrogen) atoms. The summed E-state index contributed by atoms with van der Waals surface area (Å²) in [6, 6.07) is 19.2. The van der Waals surface area contributed by atoms with Crippen molar-refractivity contribution in [2.24, 2.45) is 11.8 Å². The van der Waals surface area contributed by atoms with Crippen LogP contribution in [0.3, 0.4) is 0 Å². The van der Waals surface area contributed by atoms with Crippen molar-refractivity contribution < 1.29 is 4.79 Å². The molecule has 2 fully saturated rings. The quantitative estimate of drug-likeness (QED) is 0.395. The lowest BCUT2D eigenvalue weighted by Gasteiger charge is -2.44. The molecular formula is C26H30ClNOS. The molecular weight excluding hydrogens is 410 g/mol. The normalized spacial score (nSPS) is 22.7. The van der Waals surface area contributed by atoms with Crippen molar-refractivity contribution in [3.8, 4) is 0 Å². The second kappa shape index (κ2) is 10.1. The van der Waals surface area contributed by atoms with E-state index in [4.69, 9.17) is 11.6 Å². The van der Waals surface area contributed by atoms with Crippen LogP contribution < -0.4 is 0 Å². The molecule has 4 rings (SSSR count). The van der Waals surface area contributed by atoms with Crippen LogP contribution in [0.15, 0.2) is 67.3 Å². The zero-order valence-corrected chi connectivity index (χ0v) is 19.0. The summed E-state index contributed by atoms with van der Waals surface area (Å²) in [4.78, 5) is 15.9. The Balaban J connectivity index is 1.55. The molecule has 2 unspecified atom stereocenters. The number of hydrogen-bond donors (Lipinski definition) is 0. The first-order valence-corrected chi connectivity index (χ1v) is 12.5. The highest BCUT2D eigenvalue weighted by Crippen LogP contribution is 2.45. The van der Waals surface area contributed by atoms with Crippen molar-refractivity contribution in [3.63, 3.8) is 0 Å². The fourth-order valence-corrected chi connectivity index (χ4v) is 5.96. The minimum atomic E-state index is 0.0754. The predicted molar refractivity (Wildman–Crippen MR) is 128 cm³/mol. The van der Waals surface area contributed by atoms with Crippen molar-refractivity contribution in [1.82, 2.24) is 4.90 Å². The van der Waals surface area contributed by atoms with Gasteiger partial charge in [0.1, 0.15) is 0 Å². The molecule has 2 nitrogen and oxygen atoms in total. The van der Waals surface area contributed by atoms with Crippen LogP contribution >= 0.6 is 23.4 Å². The fraction of sp³-hybridized carbons (Fsp3) is 0.423. The van der Waals surface area contributed by atoms with Crippen LogP contribution in [-0.2, 0) is 10.5 Å². The molecule has 1 aliphatic heterocycles. The minimum Gasteiger partial charge on any atom is -0.331 e. The molecule has 0 spiro atoms. The summed E-state index contributed by atoms with van der Waals surface area (Å²) in [6.07, 6.45) is 7.10. The number of allylic oxidation sites excluding steroid dienone is 1. The van der Waals surface area contributed by atoms with Crippen LogP contribution in [0.25, 0.3) is 0 Å². The van der Waals surface area contributed by atoms with Gasteiger partial charge in [-0.2, -0.15) is 11.8 Å². The van der Waals surface area contributed by atoms with E-state index in [-0.39, 0.29) is 12.0 Å². The lowest BCUT2D eigenvalue weighted by molar-refractivity contribution is -0.145. The first-order valence-electron chi connectivity index (χ1n) is 11.0. The van der Waals surface area contributed by atoms with Gasteiger partial charge in [-0.15, -0.1) is 6.58 Å². The average Bonchev–Trinajstić information content (AvgIpc) is 3.60. The second-order valence-electron chi connectivity index (χ2n) is 8.52. The van der Waals surface area contributed by atoms with Crippen LogP contribution in [0.1, 0.15) is 49.3 Å². The lowest BCUT2D eigenvalue weighted by atomic mass is 9.85. The van der Waals surface area contributed by atoms with E-state index in [0.29, 0.717) is 17.9 Å². The van der Waals surface area contributed by atoms with E-state index in [1.165, 1.54) is 24.0 Å². The maximum Gasteiger partial charge on any atom is 0.226 e. The van der Waals surface area contributed by atoms with E-state index in [9.17, 15) is 4.79 Å². The topological polar surface area (TPSA) is 20.3 Å². The largest absolute Gasteiger partial charge is 0.331 e. The van der Waals surface area contributed by atoms with Crippen LogP contribution in [0.5, 0.6) is 0 Å². The van der Waals surface area contributed by atoms with Gasteiger partial charge in [-0.25, -0.2) is 0 Å². The molecule has 1 heterocycles. The number of carbonyl (C=O) groups is 1. The van der Waals surface area contributed by atoms with Crippen molar-refractivity contribution in [3.05, 3.63) is 83.4 Å². The first-order chi connectivity index (χ1) is 14.7. The number of benzene rings is 2. The van der Waals surface area contributed by atoms with Gasteiger partial charge in [0.25, 0.3) is 0 Å². The number of thioether (sulfide) groups is 1. The number of amides is 1. The van der Waals surface area contributed by atoms with E-state index < -0.39 is 0 Å². The van der Waals surface area contributed by atoms with Crippen molar-refractivity contribution in [2.45, 2.75) is 49.9 Å². The molecule has 0 N–H and O–H groups in total. The van der Waals surface area contributed by atoms with Crippen molar-refractivity contribution in [1.29, 1.82) is 0 Å². The van der Waals surface area contributed by atoms with Crippen molar-refractivity contribution >= 4 is 29.3 Å². The van der Waals surface area contributed by atoms with Crippen LogP contribution in [-0.4, -0.2) is 22.6 Å². The number of piperidine rings is 1. The molecule has 3 atom stereocenters. The summed E-state index contributed by atoms with van der Waals surface area (Å²) in [5.41, 5.74) is 2.56. The number of halogens is 1. The van der Waals surface area contributed by atoms with E-state index in [2.05, 4.69) is 53.9 Å². The van der Waals surface area contributed by atoms with E-state index >= 15 is 0 Å². The molecule has 1 aliphatic carbocycles. The molecule has 0 aromatic heterocycles. The molecule has 2 aromatic carbocycles. The Morgan fingerprint density at radius 1 is 1.07 bits per heavy atom. The Bertz CT molecular complexity index is 849. The first kappa shape index (κ1) is 21.5. The van der Waals surface area contributed by atoms with Crippen molar-refractivity contribution in [2.75, 3.05) is 5.75 Å². The summed E-state index contributed by atoms with van der Waals surface area (Å²) in [5.74, 6) is 3.02. The summed E-state index contributed by atoms with van der Waals surface area (Å²) < 4.78 is 0. The maximum atomic E-state index is 13.6. The molecule has 2 aliphatic rings. The smallest absolute Gasteiger partial charge is 0.226 e. The van der Waals surface area contributed by atoms with Gasteiger partial charge in [-0.3, -0.25) is 4.79 Å². The monoisotopic (exact) mass is 439 g/mol. The maximum absolute atomic E-state index is 13.6. The average molecular weight is 440 g/mol. The Labute approximate surface area is 189 Å². The van der Waals surface area contributed by atoms with E-state index in [1.54, 1.807) is 0 Å². The summed E-state index contributed by atoms with van der Waals surface area (Å²) in [6.45, 7) is 3.89. The van der Waals surface area contributed by atoms with Crippen LogP contribution in [0, 0.1) is 11.8 Å². The summed E-state index contributed by atoms with van der Waals surface area (Å²) >= 11 is 8.09. The number of rotatable bonds is 9. The third kappa shape index (κ3) is 5.12. The summed E-state index contributed by atoms with van der Waals surface area (Å²) in [5, 5.41) is 0.745. The Morgan fingerprint density at radius 3 is 2.47 bits per heavy atom. The molecule has 0 bridgehead atoms. The van der Waals surface area contributed by atoms with Gasteiger partial charge >= 0.3 is 0 Å². The van der Waals surface area contributed by atoms with E-state index in [1.807, 2.05) is 30.0 Å². The standard InChI is InChI=1S/C26H30ClNOS/c1-2-6-22-13-16-24(20-11-14-23(27)15-12-20)28(26(22)29)25(21-9-10-21)18-30-17-19-7-4-3-5-8-19/h2-5,7-8,11-12,14-15,21-22,24-25H,1,6,9-10,13,16-18H2/t22?,24-,25?/m0/s1. The van der Waals surface area contributed by atoms with Gasteiger partial charge in [-0.05, 0) is 61.3 Å². The third-order valence-corrected chi connectivity index (χ3v) is 7.72. The minimum absolute atomic E-state index is 0.0754. The molecule has 158 valence electrons. The van der Waals surface area contributed by atoms with Gasteiger partial charge in [0.05, 0.1) is 6.04 Å². The fourth-order valence-electron chi connectivity index (χ4n) is 4.61. The number of nitrogens with zero attached hydrogens (tertiary/aromatic N) is 1. The highest BCUT2D eigenvalue weighted by molar-refractivity contribution is 7.98. The number of hydrogen-bond acceptors (Lipinski definition) is 2. The second-order valence-corrected chi connectivity index (χ2v) is 9.98. The van der Waals surface area contributed by atoms with E-state index in [0.717, 1.165) is 35.8 Å². The van der Waals surface area contributed by atoms with Gasteiger partial charge in [0, 0.05) is 28.5 Å². The Kier molecular flexibility index (Phi) is 7.22. The summed E-state index contributed by atoms with van der Waals surface area (Å²) in [7, 11) is 0. The molecule has 1 saturated carbocycles. The Morgan fingerprint density at radius 2 is 1.80 bits per heavy atom. The predicted octanol–water partition coefficient (Wildman–Crippen LogP) is 6.91. The number of carbonyl (C=O) groups excluding carboxylic acids is 1. The van der Waals surface area contributed by atoms with Gasteiger partial charge in [-0.1, -0.05) is 60.1 Å². The molecule has 1 amide bonds. The molecule has 1 saturated heterocycles. The zero-order chi connectivity index (χ0) is 20.9. The highest BCUT2D eigenvalue weighted by Gasteiger charge is 2.44. The number of likely N-dealkylation sites (tertiary alicyclic amines) is 1.